The highest BCUT2D eigenvalue weighted by molar-refractivity contribution is 6.30. The van der Waals surface area contributed by atoms with Gasteiger partial charge >= 0.3 is 5.97 Å². The van der Waals surface area contributed by atoms with E-state index in [-0.39, 0.29) is 30.9 Å². The fourth-order valence-corrected chi connectivity index (χ4v) is 6.13. The van der Waals surface area contributed by atoms with Gasteiger partial charge in [0.05, 0.1) is 18.1 Å². The second kappa shape index (κ2) is 8.89. The van der Waals surface area contributed by atoms with Crippen molar-refractivity contribution in [2.75, 3.05) is 25.1 Å². The van der Waals surface area contributed by atoms with Crippen molar-refractivity contribution in [3.8, 4) is 0 Å². The minimum atomic E-state index is -1.11. The summed E-state index contributed by atoms with van der Waals surface area (Å²) >= 11 is 5.96. The van der Waals surface area contributed by atoms with Crippen molar-refractivity contribution in [1.82, 2.24) is 4.90 Å². The van der Waals surface area contributed by atoms with E-state index in [0.717, 1.165) is 0 Å². The summed E-state index contributed by atoms with van der Waals surface area (Å²) in [5.74, 6) is -2.69. The molecule has 180 valence electrons. The van der Waals surface area contributed by atoms with Crippen molar-refractivity contribution in [2.24, 2.45) is 17.8 Å². The number of aliphatic hydroxyl groups excluding tert-OH is 1. The van der Waals surface area contributed by atoms with Crippen LogP contribution in [-0.4, -0.2) is 64.8 Å². The number of likely N-dealkylation sites (tertiary alicyclic amines) is 1. The third kappa shape index (κ3) is 3.72. The molecule has 33 heavy (non-hydrogen) atoms. The number of ether oxygens (including phenoxy) is 2. The van der Waals surface area contributed by atoms with Crippen molar-refractivity contribution in [2.45, 2.75) is 57.3 Å². The van der Waals surface area contributed by atoms with Crippen LogP contribution in [-0.2, 0) is 23.9 Å². The van der Waals surface area contributed by atoms with E-state index in [1.54, 1.807) is 31.2 Å². The first-order chi connectivity index (χ1) is 15.7. The van der Waals surface area contributed by atoms with Gasteiger partial charge in [0.2, 0.25) is 11.8 Å². The number of fused-ring (bicyclic) bond motifs is 1. The average molecular weight is 479 g/mol. The maximum Gasteiger partial charge on any atom is 0.312 e. The molecular formula is C24H31ClN2O6. The van der Waals surface area contributed by atoms with E-state index >= 15 is 0 Å². The number of carbonyl (C=O) groups is 3. The van der Waals surface area contributed by atoms with Gasteiger partial charge in [-0.15, -0.1) is 0 Å². The molecule has 9 heteroatoms. The molecule has 3 saturated heterocycles. The van der Waals surface area contributed by atoms with Crippen LogP contribution in [0.15, 0.2) is 24.3 Å². The molecule has 0 radical (unpaired) electrons. The van der Waals surface area contributed by atoms with Gasteiger partial charge in [-0.1, -0.05) is 18.5 Å². The molecular weight excluding hydrogens is 448 g/mol. The average Bonchev–Trinajstić information content (AvgIpc) is 3.27. The summed E-state index contributed by atoms with van der Waals surface area (Å²) in [5, 5.41) is 12.7. The molecule has 1 aromatic rings. The van der Waals surface area contributed by atoms with Crippen molar-refractivity contribution < 1.29 is 29.0 Å². The van der Waals surface area contributed by atoms with Crippen LogP contribution in [0.3, 0.4) is 0 Å². The van der Waals surface area contributed by atoms with E-state index < -0.39 is 35.0 Å². The van der Waals surface area contributed by atoms with Gasteiger partial charge in [0.25, 0.3) is 0 Å². The summed E-state index contributed by atoms with van der Waals surface area (Å²) in [6.07, 6.45) is 1.53. The molecule has 4 rings (SSSR count). The molecule has 3 aliphatic rings. The van der Waals surface area contributed by atoms with Crippen LogP contribution in [0.2, 0.25) is 5.02 Å². The Morgan fingerprint density at radius 2 is 2.00 bits per heavy atom. The minimum Gasteiger partial charge on any atom is -0.466 e. The Hall–Kier alpha value is -2.16. The Bertz CT molecular complexity index is 939. The number of rotatable bonds is 8. The summed E-state index contributed by atoms with van der Waals surface area (Å²) in [6.45, 7) is 6.06. The first kappa shape index (κ1) is 24.0. The van der Waals surface area contributed by atoms with Gasteiger partial charge in [-0.3, -0.25) is 14.4 Å². The minimum absolute atomic E-state index is 0.00467. The highest BCUT2D eigenvalue weighted by Crippen LogP contribution is 2.65. The highest BCUT2D eigenvalue weighted by Gasteiger charge is 2.80. The lowest BCUT2D eigenvalue weighted by Gasteiger charge is -2.35. The third-order valence-electron chi connectivity index (χ3n) is 7.52. The Labute approximate surface area is 198 Å². The first-order valence-corrected chi connectivity index (χ1v) is 11.9. The van der Waals surface area contributed by atoms with Crippen LogP contribution in [0.4, 0.5) is 5.69 Å². The number of nitrogens with zero attached hydrogens (tertiary/aromatic N) is 1. The van der Waals surface area contributed by atoms with Crippen LogP contribution in [0.25, 0.3) is 0 Å². The number of halogens is 1. The van der Waals surface area contributed by atoms with Crippen molar-refractivity contribution in [3.63, 3.8) is 0 Å². The summed E-state index contributed by atoms with van der Waals surface area (Å²) in [7, 11) is 0. The molecule has 3 fully saturated rings. The highest BCUT2D eigenvalue weighted by atomic mass is 35.5. The number of hydrogen-bond donors (Lipinski definition) is 2. The third-order valence-corrected chi connectivity index (χ3v) is 7.77. The number of esters is 1. The second-order valence-electron chi connectivity index (χ2n) is 9.41. The van der Waals surface area contributed by atoms with Gasteiger partial charge in [0.1, 0.15) is 17.6 Å². The number of nitrogens with one attached hydrogen (secondary N) is 1. The topological polar surface area (TPSA) is 105 Å². The molecule has 3 aliphatic heterocycles. The summed E-state index contributed by atoms with van der Waals surface area (Å²) in [6, 6.07) is 5.85. The zero-order valence-corrected chi connectivity index (χ0v) is 19.9. The number of aliphatic hydroxyl groups is 1. The van der Waals surface area contributed by atoms with Gasteiger partial charge in [-0.05, 0) is 63.3 Å². The number of benzene rings is 1. The Morgan fingerprint density at radius 1 is 1.30 bits per heavy atom. The SMILES string of the molecule is CCOC(=O)[C@H]1[C@H]2C(=O)N(CCCCO)C(C(=O)Nc3ccc(Cl)cc3)C23CC(C)[C@]1(C)O3. The molecule has 0 aromatic heterocycles. The summed E-state index contributed by atoms with van der Waals surface area (Å²) in [5.41, 5.74) is -1.44. The monoisotopic (exact) mass is 478 g/mol. The lowest BCUT2D eigenvalue weighted by molar-refractivity contribution is -0.160. The number of anilines is 1. The van der Waals surface area contributed by atoms with Gasteiger partial charge in [0.15, 0.2) is 0 Å². The largest absolute Gasteiger partial charge is 0.466 e. The number of carbonyl (C=O) groups excluding carboxylic acids is 3. The van der Waals surface area contributed by atoms with Crippen LogP contribution < -0.4 is 5.32 Å². The van der Waals surface area contributed by atoms with E-state index in [0.29, 0.717) is 36.5 Å². The van der Waals surface area contributed by atoms with Gasteiger partial charge in [-0.2, -0.15) is 0 Å². The van der Waals surface area contributed by atoms with Crippen LogP contribution in [0.5, 0.6) is 0 Å². The van der Waals surface area contributed by atoms with Gasteiger partial charge < -0.3 is 24.8 Å². The Kier molecular flexibility index (Phi) is 6.46. The van der Waals surface area contributed by atoms with Crippen LogP contribution >= 0.6 is 11.6 Å². The van der Waals surface area contributed by atoms with E-state index in [2.05, 4.69) is 5.32 Å². The fraction of sp³-hybridized carbons (Fsp3) is 0.625. The number of unbranched alkanes of at least 4 members (excludes halogenated alkanes) is 1. The maximum atomic E-state index is 13.7. The van der Waals surface area contributed by atoms with Gasteiger partial charge in [0, 0.05) is 23.9 Å². The lowest BCUT2D eigenvalue weighted by Crippen LogP contribution is -2.54. The fourth-order valence-electron chi connectivity index (χ4n) is 6.01. The van der Waals surface area contributed by atoms with Crippen molar-refractivity contribution >= 4 is 35.1 Å². The number of amides is 2. The van der Waals surface area contributed by atoms with E-state index in [9.17, 15) is 19.5 Å². The standard InChI is InChI=1S/C24H31ClN2O6/c1-4-32-22(31)18-17-21(30)27(11-5-6-12-28)19(24(17)13-14(2)23(18,3)33-24)20(29)26-16-9-7-15(25)8-10-16/h7-10,14,17-19,28H,4-6,11-13H2,1-3H3,(H,26,29)/t14?,17-,18+,19?,23-,24?/m0/s1. The van der Waals surface area contributed by atoms with E-state index in [1.807, 2.05) is 13.8 Å². The molecule has 0 aliphatic carbocycles. The molecule has 2 bridgehead atoms. The van der Waals surface area contributed by atoms with Gasteiger partial charge in [-0.25, -0.2) is 0 Å². The molecule has 2 N–H and O–H groups in total. The Balaban J connectivity index is 1.72. The van der Waals surface area contributed by atoms with E-state index in [1.165, 1.54) is 4.90 Å². The Morgan fingerprint density at radius 3 is 2.64 bits per heavy atom. The maximum absolute atomic E-state index is 13.7. The lowest BCUT2D eigenvalue weighted by atomic mass is 9.62. The molecule has 0 saturated carbocycles. The van der Waals surface area contributed by atoms with Crippen molar-refractivity contribution in [3.05, 3.63) is 29.3 Å². The molecule has 6 atom stereocenters. The zero-order chi connectivity index (χ0) is 24.0. The van der Waals surface area contributed by atoms with Crippen molar-refractivity contribution in [1.29, 1.82) is 0 Å². The molecule has 1 spiro atoms. The summed E-state index contributed by atoms with van der Waals surface area (Å²) in [4.78, 5) is 41.9. The van der Waals surface area contributed by atoms with Crippen LogP contribution in [0, 0.1) is 17.8 Å². The zero-order valence-electron chi connectivity index (χ0n) is 19.2. The summed E-state index contributed by atoms with van der Waals surface area (Å²) < 4.78 is 11.9. The molecule has 3 heterocycles. The smallest absolute Gasteiger partial charge is 0.312 e. The molecule has 1 aromatic carbocycles. The van der Waals surface area contributed by atoms with Crippen LogP contribution in [0.1, 0.15) is 40.0 Å². The molecule has 2 amide bonds. The second-order valence-corrected chi connectivity index (χ2v) is 9.85. The molecule has 3 unspecified atom stereocenters. The van der Waals surface area contributed by atoms with E-state index in [4.69, 9.17) is 21.1 Å². The first-order valence-electron chi connectivity index (χ1n) is 11.5. The molecule has 8 nitrogen and oxygen atoms in total. The quantitative estimate of drug-likeness (QED) is 0.439. The predicted octanol–water partition coefficient (Wildman–Crippen LogP) is 2.62. The number of hydrogen-bond acceptors (Lipinski definition) is 6. The normalized spacial score (nSPS) is 34.5. The predicted molar refractivity (Wildman–Crippen MR) is 122 cm³/mol.